The molecule has 0 heterocycles. The van der Waals surface area contributed by atoms with Crippen molar-refractivity contribution in [3.8, 4) is 0 Å². The van der Waals surface area contributed by atoms with Crippen LogP contribution < -0.4 is 5.32 Å². The fourth-order valence-corrected chi connectivity index (χ4v) is 2.48. The first-order valence-electron chi connectivity index (χ1n) is 6.74. The number of alkyl halides is 6. The maximum absolute atomic E-state index is 12.5. The Balaban J connectivity index is 2.80. The normalized spacial score (nSPS) is 12.8. The first-order chi connectivity index (χ1) is 11.8. The molecule has 0 amide bonds. The standard InChI is InChI=1S/C12H12F6N2O5S/c13-11(14,15)7-25-5-1-4-19-9-3-2-8(6-10(9)20(21)22)26(23,24)12(16,17)18/h2-3,6,19H,1,4-5,7H2. The molecule has 0 aliphatic heterocycles. The van der Waals surface area contributed by atoms with E-state index in [2.05, 4.69) is 10.1 Å². The third-order valence-corrected chi connectivity index (χ3v) is 4.31. The summed E-state index contributed by atoms with van der Waals surface area (Å²) in [5.41, 5.74) is -6.83. The molecule has 0 aliphatic rings. The average Bonchev–Trinajstić information content (AvgIpc) is 2.48. The molecule has 0 unspecified atom stereocenters. The van der Waals surface area contributed by atoms with Crippen LogP contribution in [0, 0.1) is 10.1 Å². The molecular weight excluding hydrogens is 398 g/mol. The number of hydrogen-bond donors (Lipinski definition) is 1. The summed E-state index contributed by atoms with van der Waals surface area (Å²) in [6, 6.07) is 1.57. The Morgan fingerprint density at radius 2 is 1.77 bits per heavy atom. The van der Waals surface area contributed by atoms with E-state index >= 15 is 0 Å². The van der Waals surface area contributed by atoms with Crippen LogP contribution in [0.4, 0.5) is 37.7 Å². The highest BCUT2D eigenvalue weighted by Gasteiger charge is 2.47. The third kappa shape index (κ3) is 6.01. The number of ether oxygens (including phenoxy) is 1. The topological polar surface area (TPSA) is 98.5 Å². The van der Waals surface area contributed by atoms with Crippen LogP contribution in [0.3, 0.4) is 0 Å². The molecule has 1 rings (SSSR count). The highest BCUT2D eigenvalue weighted by molar-refractivity contribution is 7.92. The predicted octanol–water partition coefficient (Wildman–Crippen LogP) is 3.27. The van der Waals surface area contributed by atoms with Crippen LogP contribution in [0.5, 0.6) is 0 Å². The Bertz CT molecular complexity index is 747. The number of nitrogens with one attached hydrogen (secondary N) is 1. The molecule has 0 aliphatic carbocycles. The van der Waals surface area contributed by atoms with Gasteiger partial charge in [-0.25, -0.2) is 8.42 Å². The van der Waals surface area contributed by atoms with Gasteiger partial charge in [-0.1, -0.05) is 0 Å². The Morgan fingerprint density at radius 1 is 1.15 bits per heavy atom. The van der Waals surface area contributed by atoms with Crippen LogP contribution in [0.2, 0.25) is 0 Å². The Labute approximate surface area is 143 Å². The van der Waals surface area contributed by atoms with E-state index in [0.29, 0.717) is 6.07 Å². The van der Waals surface area contributed by atoms with Crippen LogP contribution in [-0.2, 0) is 14.6 Å². The van der Waals surface area contributed by atoms with E-state index in [0.717, 1.165) is 6.07 Å². The van der Waals surface area contributed by atoms with Crippen LogP contribution in [0.15, 0.2) is 23.1 Å². The number of anilines is 1. The van der Waals surface area contributed by atoms with Crippen molar-refractivity contribution in [2.75, 3.05) is 25.1 Å². The van der Waals surface area contributed by atoms with Crippen molar-refractivity contribution in [2.45, 2.75) is 23.0 Å². The molecule has 7 nitrogen and oxygen atoms in total. The van der Waals surface area contributed by atoms with Crippen molar-refractivity contribution in [1.29, 1.82) is 0 Å². The molecule has 0 fully saturated rings. The molecule has 26 heavy (non-hydrogen) atoms. The second kappa shape index (κ2) is 8.07. The molecule has 0 spiro atoms. The zero-order valence-electron chi connectivity index (χ0n) is 12.7. The SMILES string of the molecule is O=[N+]([O-])c1cc(S(=O)(=O)C(F)(F)F)ccc1NCCCOCC(F)(F)F. The lowest BCUT2D eigenvalue weighted by Crippen LogP contribution is -2.23. The number of nitro groups is 1. The smallest absolute Gasteiger partial charge is 0.379 e. The van der Waals surface area contributed by atoms with Gasteiger partial charge in [-0.2, -0.15) is 26.3 Å². The van der Waals surface area contributed by atoms with Gasteiger partial charge in [0.25, 0.3) is 15.5 Å². The Hall–Kier alpha value is -2.09. The molecular formula is C12H12F6N2O5S. The van der Waals surface area contributed by atoms with E-state index in [9.17, 15) is 44.9 Å². The van der Waals surface area contributed by atoms with Gasteiger partial charge in [0.1, 0.15) is 12.3 Å². The molecule has 148 valence electrons. The Morgan fingerprint density at radius 3 is 2.27 bits per heavy atom. The Kier molecular flexibility index (Phi) is 6.82. The molecule has 1 aromatic carbocycles. The van der Waals surface area contributed by atoms with Crippen molar-refractivity contribution in [3.05, 3.63) is 28.3 Å². The number of hydrogen-bond acceptors (Lipinski definition) is 6. The molecule has 0 radical (unpaired) electrons. The molecule has 0 saturated heterocycles. The van der Waals surface area contributed by atoms with Gasteiger partial charge >= 0.3 is 11.7 Å². The second-order valence-electron chi connectivity index (χ2n) is 4.83. The van der Waals surface area contributed by atoms with Gasteiger partial charge in [-0.15, -0.1) is 0 Å². The molecule has 0 aromatic heterocycles. The minimum Gasteiger partial charge on any atom is -0.379 e. The second-order valence-corrected chi connectivity index (χ2v) is 6.77. The first-order valence-corrected chi connectivity index (χ1v) is 8.22. The summed E-state index contributed by atoms with van der Waals surface area (Å²) in [6.45, 7) is -1.87. The largest absolute Gasteiger partial charge is 0.501 e. The average molecular weight is 410 g/mol. The minimum atomic E-state index is -5.75. The molecule has 0 atom stereocenters. The highest BCUT2D eigenvalue weighted by Crippen LogP contribution is 2.34. The number of nitrogens with zero attached hydrogens (tertiary/aromatic N) is 1. The van der Waals surface area contributed by atoms with Gasteiger partial charge in [0, 0.05) is 19.2 Å². The number of nitro benzene ring substituents is 1. The number of benzene rings is 1. The van der Waals surface area contributed by atoms with E-state index in [1.54, 1.807) is 0 Å². The van der Waals surface area contributed by atoms with Gasteiger partial charge in [-0.3, -0.25) is 10.1 Å². The van der Waals surface area contributed by atoms with E-state index < -0.39 is 43.6 Å². The van der Waals surface area contributed by atoms with Gasteiger partial charge in [0.2, 0.25) is 0 Å². The number of rotatable bonds is 8. The van der Waals surface area contributed by atoms with E-state index in [1.807, 2.05) is 0 Å². The van der Waals surface area contributed by atoms with Gasteiger partial charge in [0.15, 0.2) is 0 Å². The van der Waals surface area contributed by atoms with Crippen LogP contribution in [0.25, 0.3) is 0 Å². The molecule has 14 heteroatoms. The summed E-state index contributed by atoms with van der Waals surface area (Å²) in [5, 5.41) is 13.4. The zero-order chi connectivity index (χ0) is 20.2. The molecule has 1 aromatic rings. The van der Waals surface area contributed by atoms with Crippen molar-refractivity contribution in [3.63, 3.8) is 0 Å². The molecule has 0 bridgehead atoms. The van der Waals surface area contributed by atoms with Gasteiger partial charge in [-0.05, 0) is 18.6 Å². The quantitative estimate of drug-likeness (QED) is 0.306. The lowest BCUT2D eigenvalue weighted by atomic mass is 10.2. The zero-order valence-corrected chi connectivity index (χ0v) is 13.5. The van der Waals surface area contributed by atoms with Crippen LogP contribution >= 0.6 is 0 Å². The summed E-state index contributed by atoms with van der Waals surface area (Å²) in [4.78, 5) is 8.55. The van der Waals surface area contributed by atoms with Crippen molar-refractivity contribution >= 4 is 21.2 Å². The van der Waals surface area contributed by atoms with E-state index in [1.165, 1.54) is 0 Å². The summed E-state index contributed by atoms with van der Waals surface area (Å²) in [6.07, 6.45) is -4.48. The predicted molar refractivity (Wildman–Crippen MR) is 76.3 cm³/mol. The summed E-state index contributed by atoms with van der Waals surface area (Å²) < 4.78 is 99.9. The highest BCUT2D eigenvalue weighted by atomic mass is 32.2. The van der Waals surface area contributed by atoms with Crippen LogP contribution in [-0.4, -0.2) is 44.8 Å². The van der Waals surface area contributed by atoms with Gasteiger partial charge in [0.05, 0.1) is 9.82 Å². The van der Waals surface area contributed by atoms with Crippen molar-refractivity contribution in [2.24, 2.45) is 0 Å². The molecule has 1 N–H and O–H groups in total. The monoisotopic (exact) mass is 410 g/mol. The minimum absolute atomic E-state index is 0.00976. The van der Waals surface area contributed by atoms with E-state index in [4.69, 9.17) is 0 Å². The fourth-order valence-electron chi connectivity index (χ4n) is 1.70. The lowest BCUT2D eigenvalue weighted by molar-refractivity contribution is -0.384. The third-order valence-electron chi connectivity index (χ3n) is 2.83. The van der Waals surface area contributed by atoms with Gasteiger partial charge < -0.3 is 10.1 Å². The summed E-state index contributed by atoms with van der Waals surface area (Å²) in [5.74, 6) is 0. The van der Waals surface area contributed by atoms with Crippen molar-refractivity contribution in [1.82, 2.24) is 0 Å². The number of sulfone groups is 1. The summed E-state index contributed by atoms with van der Waals surface area (Å²) >= 11 is 0. The van der Waals surface area contributed by atoms with Crippen molar-refractivity contribution < 1.29 is 44.4 Å². The fraction of sp³-hybridized carbons (Fsp3) is 0.500. The first kappa shape index (κ1) is 22.0. The number of halogens is 6. The summed E-state index contributed by atoms with van der Waals surface area (Å²) in [7, 11) is -5.75. The maximum atomic E-state index is 12.5. The lowest BCUT2D eigenvalue weighted by Gasteiger charge is -2.11. The van der Waals surface area contributed by atoms with Crippen LogP contribution in [0.1, 0.15) is 6.42 Å². The maximum Gasteiger partial charge on any atom is 0.501 e. The molecule has 0 saturated carbocycles. The van der Waals surface area contributed by atoms with E-state index in [-0.39, 0.29) is 31.3 Å².